The molecule has 0 bridgehead atoms. The molecule has 7 nitrogen and oxygen atoms in total. The summed E-state index contributed by atoms with van der Waals surface area (Å²) in [5.74, 6) is -1.35. The van der Waals surface area contributed by atoms with Gasteiger partial charge in [0.2, 0.25) is 0 Å². The van der Waals surface area contributed by atoms with Gasteiger partial charge in [-0.3, -0.25) is 14.7 Å². The molecular formula is C17H22F3N3O4. The van der Waals surface area contributed by atoms with E-state index in [9.17, 15) is 22.8 Å². The zero-order valence-electron chi connectivity index (χ0n) is 15.7. The van der Waals surface area contributed by atoms with Gasteiger partial charge in [0.05, 0.1) is 18.5 Å². The van der Waals surface area contributed by atoms with Crippen molar-refractivity contribution in [3.05, 3.63) is 24.5 Å². The molecule has 1 aliphatic heterocycles. The van der Waals surface area contributed by atoms with Crippen LogP contribution in [0.5, 0.6) is 0 Å². The van der Waals surface area contributed by atoms with Crippen LogP contribution in [-0.4, -0.2) is 52.2 Å². The van der Waals surface area contributed by atoms with E-state index in [-0.39, 0.29) is 4.90 Å². The van der Waals surface area contributed by atoms with E-state index in [4.69, 9.17) is 9.47 Å². The highest BCUT2D eigenvalue weighted by molar-refractivity contribution is 5.99. The zero-order valence-corrected chi connectivity index (χ0v) is 15.7. The molecule has 150 valence electrons. The van der Waals surface area contributed by atoms with Gasteiger partial charge >= 0.3 is 12.4 Å². The van der Waals surface area contributed by atoms with Gasteiger partial charge in [-0.25, -0.2) is 9.69 Å². The lowest BCUT2D eigenvalue weighted by molar-refractivity contribution is -0.153. The highest BCUT2D eigenvalue weighted by Gasteiger charge is 2.54. The summed E-state index contributed by atoms with van der Waals surface area (Å²) in [7, 11) is 0. The Morgan fingerprint density at radius 2 is 1.96 bits per heavy atom. The number of pyridine rings is 1. The number of nitrogens with zero attached hydrogens (tertiary/aromatic N) is 3. The van der Waals surface area contributed by atoms with Gasteiger partial charge in [0.1, 0.15) is 17.4 Å². The fraction of sp³-hybridized carbons (Fsp3) is 0.588. The fourth-order valence-corrected chi connectivity index (χ4v) is 2.68. The molecule has 0 aliphatic carbocycles. The molecule has 2 heterocycles. The van der Waals surface area contributed by atoms with E-state index in [1.54, 1.807) is 20.8 Å². The molecule has 1 unspecified atom stereocenters. The van der Waals surface area contributed by atoms with Crippen molar-refractivity contribution in [3.63, 3.8) is 0 Å². The molecule has 1 aliphatic rings. The molecule has 0 spiro atoms. The van der Waals surface area contributed by atoms with Crippen molar-refractivity contribution in [1.82, 2.24) is 9.88 Å². The Morgan fingerprint density at radius 1 is 1.33 bits per heavy atom. The predicted molar refractivity (Wildman–Crippen MR) is 89.7 cm³/mol. The first-order valence-corrected chi connectivity index (χ1v) is 8.21. The van der Waals surface area contributed by atoms with Crippen molar-refractivity contribution in [2.24, 2.45) is 0 Å². The summed E-state index contributed by atoms with van der Waals surface area (Å²) in [6.07, 6.45) is -3.73. The third-order valence-electron chi connectivity index (χ3n) is 3.74. The van der Waals surface area contributed by atoms with Crippen molar-refractivity contribution in [3.8, 4) is 0 Å². The number of aromatic nitrogens is 1. The fourth-order valence-electron chi connectivity index (χ4n) is 2.68. The molecule has 0 radical (unpaired) electrons. The third kappa shape index (κ3) is 4.68. The maximum absolute atomic E-state index is 13.6. The van der Waals surface area contributed by atoms with Gasteiger partial charge in [0, 0.05) is 6.20 Å². The molecule has 0 N–H and O–H groups in total. The van der Waals surface area contributed by atoms with Crippen LogP contribution in [-0.2, 0) is 14.3 Å². The second-order valence-corrected chi connectivity index (χ2v) is 7.48. The lowest BCUT2D eigenvalue weighted by Crippen LogP contribution is -2.57. The van der Waals surface area contributed by atoms with E-state index in [1.165, 1.54) is 26.1 Å². The SMILES string of the molecule is CC(C)(C)OC(=O)N1C(C(=O)N(c2cccnc2)C(F)(F)F)COC1(C)C. The van der Waals surface area contributed by atoms with Gasteiger partial charge < -0.3 is 9.47 Å². The topological polar surface area (TPSA) is 72.0 Å². The standard InChI is InChI=1S/C17H22F3N3O4/c1-15(2,3)27-14(25)23-12(10-26-16(23,4)5)13(24)22(17(18,19)20)11-7-6-8-21-9-11/h6-9,12H,10H2,1-5H3. The van der Waals surface area contributed by atoms with Gasteiger partial charge in [0.25, 0.3) is 5.91 Å². The molecular weight excluding hydrogens is 367 g/mol. The van der Waals surface area contributed by atoms with Crippen LogP contribution >= 0.6 is 0 Å². The van der Waals surface area contributed by atoms with Crippen molar-refractivity contribution in [1.29, 1.82) is 0 Å². The number of hydrogen-bond donors (Lipinski definition) is 0. The van der Waals surface area contributed by atoms with Crippen molar-refractivity contribution in [2.45, 2.75) is 58.3 Å². The van der Waals surface area contributed by atoms with E-state index in [0.717, 1.165) is 17.2 Å². The molecule has 2 rings (SSSR count). The van der Waals surface area contributed by atoms with Gasteiger partial charge in [-0.1, -0.05) is 0 Å². The van der Waals surface area contributed by atoms with Crippen molar-refractivity contribution < 1.29 is 32.2 Å². The summed E-state index contributed by atoms with van der Waals surface area (Å²) in [5, 5.41) is 0. The molecule has 0 aromatic carbocycles. The van der Waals surface area contributed by atoms with Crippen LogP contribution in [0.25, 0.3) is 0 Å². The Labute approximate surface area is 155 Å². The molecule has 10 heteroatoms. The number of carbonyl (C=O) groups is 2. The summed E-state index contributed by atoms with van der Waals surface area (Å²) in [6.45, 7) is 7.41. The third-order valence-corrected chi connectivity index (χ3v) is 3.74. The Kier molecular flexibility index (Phi) is 5.42. The average molecular weight is 389 g/mol. The first kappa shape index (κ1) is 20.9. The quantitative estimate of drug-likeness (QED) is 0.726. The van der Waals surface area contributed by atoms with Gasteiger partial charge in [-0.2, -0.15) is 0 Å². The minimum absolute atomic E-state index is 0.340. The molecule has 1 aromatic heterocycles. The molecule has 1 fully saturated rings. The Morgan fingerprint density at radius 3 is 2.44 bits per heavy atom. The van der Waals surface area contributed by atoms with E-state index in [2.05, 4.69) is 4.98 Å². The number of halogens is 3. The first-order valence-electron chi connectivity index (χ1n) is 8.21. The Hall–Kier alpha value is -2.36. The molecule has 0 saturated carbocycles. The number of alkyl halides is 3. The second-order valence-electron chi connectivity index (χ2n) is 7.48. The number of anilines is 1. The highest BCUT2D eigenvalue weighted by atomic mass is 19.4. The van der Waals surface area contributed by atoms with Crippen LogP contribution in [0.1, 0.15) is 34.6 Å². The summed E-state index contributed by atoms with van der Waals surface area (Å²) >= 11 is 0. The molecule has 1 aromatic rings. The maximum Gasteiger partial charge on any atom is 0.491 e. The lowest BCUT2D eigenvalue weighted by Gasteiger charge is -2.36. The van der Waals surface area contributed by atoms with E-state index >= 15 is 0 Å². The zero-order chi connectivity index (χ0) is 20.6. The first-order chi connectivity index (χ1) is 12.2. The number of rotatable bonds is 2. The van der Waals surface area contributed by atoms with E-state index in [0.29, 0.717) is 0 Å². The predicted octanol–water partition coefficient (Wildman–Crippen LogP) is 3.31. The van der Waals surface area contributed by atoms with Gasteiger partial charge in [0.15, 0.2) is 0 Å². The second kappa shape index (κ2) is 6.99. The molecule has 27 heavy (non-hydrogen) atoms. The monoisotopic (exact) mass is 389 g/mol. The van der Waals surface area contributed by atoms with Crippen molar-refractivity contribution >= 4 is 17.7 Å². The molecule has 1 saturated heterocycles. The maximum atomic E-state index is 13.6. The summed E-state index contributed by atoms with van der Waals surface area (Å²) in [6, 6.07) is 0.885. The van der Waals surface area contributed by atoms with Crippen LogP contribution in [0, 0.1) is 0 Å². The largest absolute Gasteiger partial charge is 0.491 e. The van der Waals surface area contributed by atoms with Crippen LogP contribution in [0.4, 0.5) is 23.7 Å². The summed E-state index contributed by atoms with van der Waals surface area (Å²) in [4.78, 5) is 29.6. The van der Waals surface area contributed by atoms with Gasteiger partial charge in [-0.15, -0.1) is 13.2 Å². The van der Waals surface area contributed by atoms with Crippen LogP contribution in [0.2, 0.25) is 0 Å². The summed E-state index contributed by atoms with van der Waals surface area (Å²) in [5.41, 5.74) is -2.66. The minimum Gasteiger partial charge on any atom is -0.444 e. The Balaban J connectivity index is 2.40. The lowest BCUT2D eigenvalue weighted by atomic mass is 10.1. The van der Waals surface area contributed by atoms with Gasteiger partial charge in [-0.05, 0) is 46.8 Å². The number of carbonyl (C=O) groups excluding carboxylic acids is 2. The molecule has 2 amide bonds. The van der Waals surface area contributed by atoms with Crippen molar-refractivity contribution in [2.75, 3.05) is 11.5 Å². The molecule has 1 atom stereocenters. The number of ether oxygens (including phenoxy) is 2. The number of amides is 2. The average Bonchev–Trinajstić information content (AvgIpc) is 2.80. The minimum atomic E-state index is -5.01. The summed E-state index contributed by atoms with van der Waals surface area (Å²) < 4.78 is 51.5. The normalized spacial score (nSPS) is 19.7. The van der Waals surface area contributed by atoms with Crippen LogP contribution in [0.3, 0.4) is 0 Å². The Bertz CT molecular complexity index is 702. The smallest absolute Gasteiger partial charge is 0.444 e. The van der Waals surface area contributed by atoms with Crippen LogP contribution in [0.15, 0.2) is 24.5 Å². The van der Waals surface area contributed by atoms with E-state index < -0.39 is 48.0 Å². The highest BCUT2D eigenvalue weighted by Crippen LogP contribution is 2.34. The van der Waals surface area contributed by atoms with Crippen LogP contribution < -0.4 is 4.90 Å². The van der Waals surface area contributed by atoms with E-state index in [1.807, 2.05) is 0 Å². The number of hydrogen-bond acceptors (Lipinski definition) is 5.